The van der Waals surface area contributed by atoms with Crippen molar-refractivity contribution in [2.75, 3.05) is 36.0 Å². The average Bonchev–Trinajstić information content (AvgIpc) is 2.79. The smallest absolute Gasteiger partial charge is 0.254 e. The standard InChI is InChI=1S/C20H21N7O/c28-18(23-13-16-5-2-1-3-6-16)17-14-24-20(25-15-17)27-11-9-26(10-12-27)19-21-7-4-8-22-19/h1-8,14-15H,9-13H2,(H,23,28). The number of hydrogen-bond acceptors (Lipinski definition) is 7. The van der Waals surface area contributed by atoms with Crippen LogP contribution in [0.3, 0.4) is 0 Å². The highest BCUT2D eigenvalue weighted by molar-refractivity contribution is 5.93. The summed E-state index contributed by atoms with van der Waals surface area (Å²) in [5.74, 6) is 1.20. The van der Waals surface area contributed by atoms with E-state index >= 15 is 0 Å². The zero-order valence-electron chi connectivity index (χ0n) is 15.4. The molecule has 142 valence electrons. The summed E-state index contributed by atoms with van der Waals surface area (Å²) in [6.45, 7) is 3.62. The summed E-state index contributed by atoms with van der Waals surface area (Å²) in [5, 5.41) is 2.89. The van der Waals surface area contributed by atoms with E-state index in [-0.39, 0.29) is 5.91 Å². The predicted molar refractivity (Wildman–Crippen MR) is 106 cm³/mol. The molecule has 0 atom stereocenters. The van der Waals surface area contributed by atoms with E-state index < -0.39 is 0 Å². The van der Waals surface area contributed by atoms with Gasteiger partial charge in [-0.1, -0.05) is 30.3 Å². The molecule has 1 fully saturated rings. The van der Waals surface area contributed by atoms with Gasteiger partial charge in [-0.2, -0.15) is 0 Å². The van der Waals surface area contributed by atoms with Crippen LogP contribution >= 0.6 is 0 Å². The lowest BCUT2D eigenvalue weighted by Gasteiger charge is -2.34. The van der Waals surface area contributed by atoms with Crippen LogP contribution in [-0.4, -0.2) is 52.0 Å². The molecule has 3 heterocycles. The van der Waals surface area contributed by atoms with E-state index in [1.165, 1.54) is 0 Å². The number of carbonyl (C=O) groups is 1. The molecule has 4 rings (SSSR count). The monoisotopic (exact) mass is 375 g/mol. The maximum absolute atomic E-state index is 12.3. The molecule has 0 spiro atoms. The van der Waals surface area contributed by atoms with Crippen molar-refractivity contribution in [1.29, 1.82) is 0 Å². The lowest BCUT2D eigenvalue weighted by Crippen LogP contribution is -2.47. The van der Waals surface area contributed by atoms with E-state index in [1.54, 1.807) is 24.8 Å². The van der Waals surface area contributed by atoms with Crippen molar-refractivity contribution in [1.82, 2.24) is 25.3 Å². The van der Waals surface area contributed by atoms with Crippen LogP contribution in [0.15, 0.2) is 61.2 Å². The largest absolute Gasteiger partial charge is 0.348 e. The van der Waals surface area contributed by atoms with Crippen molar-refractivity contribution < 1.29 is 4.79 Å². The molecule has 2 aromatic heterocycles. The maximum atomic E-state index is 12.3. The predicted octanol–water partition coefficient (Wildman–Crippen LogP) is 1.52. The number of benzene rings is 1. The highest BCUT2D eigenvalue weighted by atomic mass is 16.1. The molecule has 0 aliphatic carbocycles. The second-order valence-electron chi connectivity index (χ2n) is 6.46. The second kappa shape index (κ2) is 8.43. The van der Waals surface area contributed by atoms with Gasteiger partial charge in [-0.25, -0.2) is 19.9 Å². The number of anilines is 2. The lowest BCUT2D eigenvalue weighted by atomic mass is 10.2. The fourth-order valence-electron chi connectivity index (χ4n) is 3.04. The number of carbonyl (C=O) groups excluding carboxylic acids is 1. The minimum Gasteiger partial charge on any atom is -0.348 e. The third-order valence-electron chi connectivity index (χ3n) is 4.59. The third kappa shape index (κ3) is 4.22. The first-order valence-corrected chi connectivity index (χ1v) is 9.21. The Morgan fingerprint density at radius 1 is 0.821 bits per heavy atom. The van der Waals surface area contributed by atoms with E-state index in [2.05, 4.69) is 35.1 Å². The van der Waals surface area contributed by atoms with E-state index in [4.69, 9.17) is 0 Å². The van der Waals surface area contributed by atoms with E-state index in [0.717, 1.165) is 37.7 Å². The van der Waals surface area contributed by atoms with Crippen molar-refractivity contribution >= 4 is 17.8 Å². The Bertz CT molecular complexity index is 895. The van der Waals surface area contributed by atoms with Crippen LogP contribution in [0, 0.1) is 0 Å². The van der Waals surface area contributed by atoms with Crippen LogP contribution in [-0.2, 0) is 6.54 Å². The first kappa shape index (κ1) is 17.8. The zero-order valence-corrected chi connectivity index (χ0v) is 15.4. The molecule has 3 aromatic rings. The van der Waals surface area contributed by atoms with Crippen LogP contribution < -0.4 is 15.1 Å². The molecule has 28 heavy (non-hydrogen) atoms. The van der Waals surface area contributed by atoms with Gasteiger partial charge >= 0.3 is 0 Å². The molecule has 0 unspecified atom stereocenters. The summed E-state index contributed by atoms with van der Waals surface area (Å²) < 4.78 is 0. The lowest BCUT2D eigenvalue weighted by molar-refractivity contribution is 0.0950. The minimum atomic E-state index is -0.179. The molecule has 8 heteroatoms. The van der Waals surface area contributed by atoms with Crippen molar-refractivity contribution in [3.05, 3.63) is 72.3 Å². The van der Waals surface area contributed by atoms with Gasteiger partial charge in [-0.3, -0.25) is 4.79 Å². The molecule has 1 amide bonds. The SMILES string of the molecule is O=C(NCc1ccccc1)c1cnc(N2CCN(c3ncccn3)CC2)nc1. The van der Waals surface area contributed by atoms with Gasteiger partial charge < -0.3 is 15.1 Å². The Balaban J connectivity index is 1.31. The fraction of sp³-hybridized carbons (Fsp3) is 0.250. The number of nitrogens with one attached hydrogen (secondary N) is 1. The highest BCUT2D eigenvalue weighted by Crippen LogP contribution is 2.14. The molecule has 0 radical (unpaired) electrons. The number of rotatable bonds is 5. The minimum absolute atomic E-state index is 0.179. The normalized spacial score (nSPS) is 14.0. The van der Waals surface area contributed by atoms with E-state index in [1.807, 2.05) is 36.4 Å². The summed E-state index contributed by atoms with van der Waals surface area (Å²) in [6.07, 6.45) is 6.66. The van der Waals surface area contributed by atoms with Crippen molar-refractivity contribution in [2.45, 2.75) is 6.54 Å². The summed E-state index contributed by atoms with van der Waals surface area (Å²) in [4.78, 5) is 33.9. The third-order valence-corrected chi connectivity index (χ3v) is 4.59. The molecule has 8 nitrogen and oxygen atoms in total. The fourth-order valence-corrected chi connectivity index (χ4v) is 3.04. The van der Waals surface area contributed by atoms with Crippen LogP contribution in [0.5, 0.6) is 0 Å². The van der Waals surface area contributed by atoms with Gasteiger partial charge in [0.25, 0.3) is 5.91 Å². The molecule has 0 saturated carbocycles. The molecule has 1 N–H and O–H groups in total. The van der Waals surface area contributed by atoms with Crippen molar-refractivity contribution in [2.24, 2.45) is 0 Å². The molecule has 1 aromatic carbocycles. The highest BCUT2D eigenvalue weighted by Gasteiger charge is 2.20. The molecule has 1 aliphatic rings. The van der Waals surface area contributed by atoms with Crippen LogP contribution in [0.25, 0.3) is 0 Å². The second-order valence-corrected chi connectivity index (χ2v) is 6.46. The number of hydrogen-bond donors (Lipinski definition) is 1. The van der Waals surface area contributed by atoms with Crippen molar-refractivity contribution in [3.8, 4) is 0 Å². The number of piperazine rings is 1. The van der Waals surface area contributed by atoms with Gasteiger partial charge in [0.1, 0.15) is 0 Å². The van der Waals surface area contributed by atoms with Gasteiger partial charge in [-0.05, 0) is 11.6 Å². The Labute approximate surface area is 163 Å². The first-order chi connectivity index (χ1) is 13.8. The first-order valence-electron chi connectivity index (χ1n) is 9.21. The topological polar surface area (TPSA) is 87.1 Å². The Kier molecular flexibility index (Phi) is 5.37. The quantitative estimate of drug-likeness (QED) is 0.723. The van der Waals surface area contributed by atoms with Gasteiger partial charge in [0.15, 0.2) is 0 Å². The van der Waals surface area contributed by atoms with E-state index in [9.17, 15) is 4.79 Å². The molecular formula is C20H21N7O. The van der Waals surface area contributed by atoms with Crippen molar-refractivity contribution in [3.63, 3.8) is 0 Å². The summed E-state index contributed by atoms with van der Waals surface area (Å²) in [5.41, 5.74) is 1.50. The van der Waals surface area contributed by atoms with Crippen LogP contribution in [0.4, 0.5) is 11.9 Å². The van der Waals surface area contributed by atoms with Gasteiger partial charge in [-0.15, -0.1) is 0 Å². The average molecular weight is 375 g/mol. The Morgan fingerprint density at radius 3 is 2.00 bits per heavy atom. The Morgan fingerprint density at radius 2 is 1.39 bits per heavy atom. The molecular weight excluding hydrogens is 354 g/mol. The molecule has 0 bridgehead atoms. The summed E-state index contributed by atoms with van der Waals surface area (Å²) in [6, 6.07) is 11.6. The van der Waals surface area contributed by atoms with Crippen LogP contribution in [0.2, 0.25) is 0 Å². The van der Waals surface area contributed by atoms with Gasteiger partial charge in [0.05, 0.1) is 5.56 Å². The van der Waals surface area contributed by atoms with E-state index in [0.29, 0.717) is 18.1 Å². The summed E-state index contributed by atoms with van der Waals surface area (Å²) in [7, 11) is 0. The Hall–Kier alpha value is -3.55. The summed E-state index contributed by atoms with van der Waals surface area (Å²) >= 11 is 0. The van der Waals surface area contributed by atoms with Gasteiger partial charge in [0.2, 0.25) is 11.9 Å². The number of aromatic nitrogens is 4. The number of amides is 1. The zero-order chi connectivity index (χ0) is 19.2. The number of nitrogens with zero attached hydrogens (tertiary/aromatic N) is 6. The molecule has 1 aliphatic heterocycles. The van der Waals surface area contributed by atoms with Crippen LogP contribution in [0.1, 0.15) is 15.9 Å². The maximum Gasteiger partial charge on any atom is 0.254 e. The molecule has 1 saturated heterocycles. The van der Waals surface area contributed by atoms with Gasteiger partial charge in [0, 0.05) is 57.5 Å².